The first-order chi connectivity index (χ1) is 19.3. The fourth-order valence-electron chi connectivity index (χ4n) is 4.94. The Bertz CT molecular complexity index is 1490. The molecule has 0 N–H and O–H groups in total. The van der Waals surface area contributed by atoms with Gasteiger partial charge < -0.3 is 14.4 Å². The number of halogens is 2. The Kier molecular flexibility index (Phi) is 8.35. The van der Waals surface area contributed by atoms with Crippen molar-refractivity contribution >= 4 is 64.7 Å². The van der Waals surface area contributed by atoms with Crippen LogP contribution in [0.5, 0.6) is 5.75 Å². The molecule has 2 aliphatic heterocycles. The van der Waals surface area contributed by atoms with Crippen LogP contribution in [0.4, 0.5) is 27.5 Å². The maximum Gasteiger partial charge on any atom is 0.425 e. The number of carbonyl (C=O) groups is 1. The van der Waals surface area contributed by atoms with Gasteiger partial charge in [-0.3, -0.25) is 10.1 Å². The summed E-state index contributed by atoms with van der Waals surface area (Å²) in [4.78, 5) is 27.0. The summed E-state index contributed by atoms with van der Waals surface area (Å²) in [7, 11) is -3.16. The number of fused-ring (bicyclic) bond motifs is 1. The molecule has 2 heterocycles. The van der Waals surface area contributed by atoms with Crippen molar-refractivity contribution in [2.24, 2.45) is 4.74 Å². The molecule has 0 aromatic heterocycles. The highest BCUT2D eigenvalue weighted by molar-refractivity contribution is 7.74. The average Bonchev–Trinajstić information content (AvgIpc) is 2.96. The van der Waals surface area contributed by atoms with E-state index in [-0.39, 0.29) is 10.7 Å². The zero-order valence-corrected chi connectivity index (χ0v) is 24.4. The Morgan fingerprint density at radius 3 is 2.33 bits per heavy atom. The van der Waals surface area contributed by atoms with Gasteiger partial charge >= 0.3 is 6.09 Å². The number of amides is 1. The van der Waals surface area contributed by atoms with Gasteiger partial charge in [-0.2, -0.15) is 0 Å². The van der Waals surface area contributed by atoms with Gasteiger partial charge in [0.15, 0.2) is 7.36 Å². The number of hydrogen-bond donors (Lipinski definition) is 0. The van der Waals surface area contributed by atoms with Gasteiger partial charge in [0.25, 0.3) is 5.69 Å². The Hall–Kier alpha value is -3.14. The monoisotopic (exact) mass is 603 g/mol. The fraction of sp³-hybridized carbons (Fsp3) is 0.296. The van der Waals surface area contributed by atoms with E-state index in [0.717, 1.165) is 24.1 Å². The van der Waals surface area contributed by atoms with Crippen LogP contribution >= 0.6 is 30.6 Å². The Morgan fingerprint density at radius 1 is 1.00 bits per heavy atom. The molecule has 3 aromatic carbocycles. The second kappa shape index (κ2) is 11.8. The first-order valence-corrected chi connectivity index (χ1v) is 15.3. The number of nitro groups is 1. The number of anilines is 2. The Labute approximate surface area is 242 Å². The van der Waals surface area contributed by atoms with Crippen LogP contribution in [0.1, 0.15) is 13.8 Å². The maximum absolute atomic E-state index is 14.0. The molecule has 3 aromatic rings. The molecular formula is C27H28Cl2N5O5P. The number of carbonyl (C=O) groups excluding carboxylic acids is 1. The minimum Gasteiger partial charge on any atom is -0.409 e. The highest BCUT2D eigenvalue weighted by Crippen LogP contribution is 2.63. The van der Waals surface area contributed by atoms with Crippen molar-refractivity contribution in [2.75, 3.05) is 49.0 Å². The number of rotatable bonds is 7. The summed E-state index contributed by atoms with van der Waals surface area (Å²) in [5.41, 5.74) is 1.84. The third-order valence-corrected chi connectivity index (χ3v) is 11.3. The van der Waals surface area contributed by atoms with Crippen molar-refractivity contribution in [3.63, 3.8) is 0 Å². The van der Waals surface area contributed by atoms with E-state index in [1.807, 2.05) is 18.2 Å². The van der Waals surface area contributed by atoms with Gasteiger partial charge in [0.1, 0.15) is 5.75 Å². The quantitative estimate of drug-likeness (QED) is 0.161. The highest BCUT2D eigenvalue weighted by Gasteiger charge is 2.48. The topological polar surface area (TPSA) is 101 Å². The molecule has 0 radical (unpaired) electrons. The highest BCUT2D eigenvalue weighted by atomic mass is 35.5. The van der Waals surface area contributed by atoms with E-state index in [4.69, 9.17) is 37.4 Å². The number of benzene rings is 3. The van der Waals surface area contributed by atoms with Crippen molar-refractivity contribution in [2.45, 2.75) is 13.8 Å². The summed E-state index contributed by atoms with van der Waals surface area (Å²) in [5.74, 6) is 0.427. The third-order valence-electron chi connectivity index (χ3n) is 6.89. The van der Waals surface area contributed by atoms with E-state index in [2.05, 4.69) is 23.4 Å². The summed E-state index contributed by atoms with van der Waals surface area (Å²) in [6.45, 7) is 7.62. The van der Waals surface area contributed by atoms with Gasteiger partial charge in [0.05, 0.1) is 44.9 Å². The average molecular weight is 604 g/mol. The lowest BCUT2D eigenvalue weighted by Gasteiger charge is -2.47. The van der Waals surface area contributed by atoms with E-state index in [0.29, 0.717) is 48.5 Å². The molecule has 0 saturated carbocycles. The second-order valence-corrected chi connectivity index (χ2v) is 12.7. The number of nitrogens with zero attached hydrogens (tertiary/aromatic N) is 5. The molecule has 1 saturated heterocycles. The molecule has 5 rings (SSSR count). The molecule has 10 nitrogen and oxygen atoms in total. The second-order valence-electron chi connectivity index (χ2n) is 9.11. The molecule has 1 amide bonds. The lowest BCUT2D eigenvalue weighted by Crippen LogP contribution is -2.49. The van der Waals surface area contributed by atoms with E-state index >= 15 is 0 Å². The molecule has 0 bridgehead atoms. The lowest BCUT2D eigenvalue weighted by atomic mass is 10.2. The van der Waals surface area contributed by atoms with Gasteiger partial charge in [-0.05, 0) is 56.3 Å². The van der Waals surface area contributed by atoms with Crippen molar-refractivity contribution in [3.05, 3.63) is 80.8 Å². The fourth-order valence-corrected chi connectivity index (χ4v) is 8.90. The third kappa shape index (κ3) is 5.18. The number of nitro benzene ring substituents is 1. The van der Waals surface area contributed by atoms with Crippen LogP contribution in [0, 0.1) is 10.1 Å². The molecule has 2 aliphatic rings. The van der Waals surface area contributed by atoms with E-state index in [1.165, 1.54) is 12.1 Å². The minimum atomic E-state index is -3.16. The van der Waals surface area contributed by atoms with Crippen LogP contribution in [0.3, 0.4) is 0 Å². The number of ether oxygens (including phenoxy) is 2. The van der Waals surface area contributed by atoms with Gasteiger partial charge in [0.2, 0.25) is 0 Å². The lowest BCUT2D eigenvalue weighted by molar-refractivity contribution is -0.384. The van der Waals surface area contributed by atoms with Crippen molar-refractivity contribution < 1.29 is 19.2 Å². The summed E-state index contributed by atoms with van der Waals surface area (Å²) < 4.78 is 20.7. The summed E-state index contributed by atoms with van der Waals surface area (Å²) in [5, 5.41) is 12.7. The van der Waals surface area contributed by atoms with E-state index in [9.17, 15) is 14.9 Å². The molecule has 1 fully saturated rings. The Morgan fingerprint density at radius 2 is 1.70 bits per heavy atom. The molecule has 0 aliphatic carbocycles. The van der Waals surface area contributed by atoms with Crippen LogP contribution in [0.15, 0.2) is 65.4 Å². The van der Waals surface area contributed by atoms with E-state index in [1.54, 1.807) is 35.0 Å². The number of morpholine rings is 1. The molecule has 0 spiro atoms. The van der Waals surface area contributed by atoms with Crippen molar-refractivity contribution in [1.82, 2.24) is 4.67 Å². The summed E-state index contributed by atoms with van der Waals surface area (Å²) >= 11 is 12.7. The van der Waals surface area contributed by atoms with Gasteiger partial charge in [-0.15, -0.1) is 0 Å². The molecular weight excluding hydrogens is 576 g/mol. The predicted molar refractivity (Wildman–Crippen MR) is 159 cm³/mol. The smallest absolute Gasteiger partial charge is 0.409 e. The number of hydrogen-bond acceptors (Lipinski definition) is 7. The van der Waals surface area contributed by atoms with E-state index < -0.39 is 18.4 Å². The van der Waals surface area contributed by atoms with Crippen molar-refractivity contribution in [1.29, 1.82) is 0 Å². The maximum atomic E-state index is 14.0. The standard InChI is InChI=1S/C27H28Cl2N5O5P/c1-3-31(4-2)21-10-12-26-25(18-21)39-27(35)33(22-9-11-23(28)24(29)17-22)40(26,32-13-15-38-16-14-32)30-19-5-7-20(8-6-19)34(36)37/h5-12,17-18H,3-4,13-16H2,1-2H3/t40-/m0/s1. The first-order valence-electron chi connectivity index (χ1n) is 12.9. The normalized spacial score (nSPS) is 19.1. The van der Waals surface area contributed by atoms with Gasteiger partial charge in [-0.1, -0.05) is 23.2 Å². The van der Waals surface area contributed by atoms with Crippen LogP contribution in [0.2, 0.25) is 10.0 Å². The molecule has 0 unspecified atom stereocenters. The first kappa shape index (κ1) is 28.4. The molecule has 210 valence electrons. The van der Waals surface area contributed by atoms with Gasteiger partial charge in [-0.25, -0.2) is 18.9 Å². The molecule has 1 atom stereocenters. The predicted octanol–water partition coefficient (Wildman–Crippen LogP) is 7.09. The largest absolute Gasteiger partial charge is 0.425 e. The zero-order chi connectivity index (χ0) is 28.4. The van der Waals surface area contributed by atoms with Crippen molar-refractivity contribution in [3.8, 4) is 5.75 Å². The SMILES string of the molecule is CCN(CC)c1ccc2c(c1)OC(=O)N(c1ccc(Cl)c(Cl)c1)[P@@]2(=Nc1ccc([N+](=O)[O-])cc1)N1CCOCC1. The van der Waals surface area contributed by atoms with Gasteiger partial charge in [0, 0.05) is 50.1 Å². The van der Waals surface area contributed by atoms with Crippen LogP contribution in [0.25, 0.3) is 0 Å². The van der Waals surface area contributed by atoms with Crippen LogP contribution < -0.4 is 19.6 Å². The molecule has 13 heteroatoms. The minimum absolute atomic E-state index is 0.0497. The van der Waals surface area contributed by atoms with Crippen LogP contribution in [-0.4, -0.2) is 55.1 Å². The van der Waals surface area contributed by atoms with Crippen LogP contribution in [-0.2, 0) is 4.74 Å². The summed E-state index contributed by atoms with van der Waals surface area (Å²) in [6, 6.07) is 16.8. The summed E-state index contributed by atoms with van der Waals surface area (Å²) in [6.07, 6.45) is -0.604. The molecule has 40 heavy (non-hydrogen) atoms. The number of non-ortho nitro benzene ring substituents is 1. The Balaban J connectivity index is 1.83. The zero-order valence-electron chi connectivity index (χ0n) is 22.0.